The van der Waals surface area contributed by atoms with Gasteiger partial charge in [-0.25, -0.2) is 9.59 Å². The third-order valence-electron chi connectivity index (χ3n) is 4.30. The van der Waals surface area contributed by atoms with Gasteiger partial charge in [0.1, 0.15) is 0 Å². The van der Waals surface area contributed by atoms with E-state index < -0.39 is 5.97 Å². The van der Waals surface area contributed by atoms with Gasteiger partial charge < -0.3 is 15.3 Å². The molecule has 0 bridgehead atoms. The lowest BCUT2D eigenvalue weighted by Crippen LogP contribution is -2.33. The number of para-hydroxylation sites is 1. The Morgan fingerprint density at radius 3 is 2.67 bits per heavy atom. The number of carboxylic acids is 1. The molecule has 1 heterocycles. The number of urea groups is 1. The Balaban J connectivity index is 1.56. The number of nitrogens with one attached hydrogen (secondary N) is 1. The van der Waals surface area contributed by atoms with E-state index in [1.165, 1.54) is 0 Å². The van der Waals surface area contributed by atoms with Crippen LogP contribution in [-0.4, -0.2) is 35.1 Å². The van der Waals surface area contributed by atoms with E-state index in [2.05, 4.69) is 5.32 Å². The highest BCUT2D eigenvalue weighted by Crippen LogP contribution is 2.22. The molecule has 2 aromatic carbocycles. The molecule has 0 radical (unpaired) electrons. The summed E-state index contributed by atoms with van der Waals surface area (Å²) in [7, 11) is 0. The summed E-state index contributed by atoms with van der Waals surface area (Å²) >= 11 is 0. The van der Waals surface area contributed by atoms with E-state index >= 15 is 0 Å². The second kappa shape index (κ2) is 7.17. The van der Waals surface area contributed by atoms with Crippen molar-refractivity contribution >= 4 is 17.7 Å². The lowest BCUT2D eigenvalue weighted by Gasteiger charge is -2.17. The Morgan fingerprint density at radius 2 is 1.92 bits per heavy atom. The monoisotopic (exact) mass is 324 g/mol. The van der Waals surface area contributed by atoms with Crippen LogP contribution in [0.25, 0.3) is 0 Å². The highest BCUT2D eigenvalue weighted by Gasteiger charge is 2.26. The maximum Gasteiger partial charge on any atom is 0.335 e. The molecular formula is C19H20N2O3. The van der Waals surface area contributed by atoms with Gasteiger partial charge in [0.2, 0.25) is 0 Å². The molecular weight excluding hydrogens is 304 g/mol. The molecule has 1 atom stereocenters. The smallest absolute Gasteiger partial charge is 0.335 e. The number of amides is 2. The maximum absolute atomic E-state index is 12.3. The van der Waals surface area contributed by atoms with E-state index in [9.17, 15) is 9.59 Å². The van der Waals surface area contributed by atoms with Crippen LogP contribution in [-0.2, 0) is 6.42 Å². The first kappa shape index (κ1) is 16.1. The van der Waals surface area contributed by atoms with Crippen LogP contribution < -0.4 is 5.32 Å². The van der Waals surface area contributed by atoms with Crippen molar-refractivity contribution in [2.75, 3.05) is 18.4 Å². The third-order valence-corrected chi connectivity index (χ3v) is 4.30. The van der Waals surface area contributed by atoms with Gasteiger partial charge in [0.05, 0.1) is 5.56 Å². The topological polar surface area (TPSA) is 69.6 Å². The number of likely N-dealkylation sites (tertiary alicyclic amines) is 1. The van der Waals surface area contributed by atoms with Gasteiger partial charge in [0.15, 0.2) is 0 Å². The van der Waals surface area contributed by atoms with Crippen LogP contribution in [0.5, 0.6) is 0 Å². The fraction of sp³-hybridized carbons (Fsp3) is 0.263. The van der Waals surface area contributed by atoms with Crippen LogP contribution in [0.2, 0.25) is 0 Å². The summed E-state index contributed by atoms with van der Waals surface area (Å²) in [5.41, 5.74) is 2.11. The van der Waals surface area contributed by atoms with Crippen LogP contribution in [0.15, 0.2) is 54.6 Å². The number of nitrogens with zero attached hydrogens (tertiary/aromatic N) is 1. The fourth-order valence-corrected chi connectivity index (χ4v) is 3.07. The molecule has 0 saturated carbocycles. The maximum atomic E-state index is 12.3. The van der Waals surface area contributed by atoms with Crippen molar-refractivity contribution in [1.29, 1.82) is 0 Å². The Hall–Kier alpha value is -2.82. The zero-order valence-corrected chi connectivity index (χ0v) is 13.3. The van der Waals surface area contributed by atoms with Crippen molar-refractivity contribution in [1.82, 2.24) is 4.90 Å². The molecule has 2 aromatic rings. The van der Waals surface area contributed by atoms with E-state index in [0.29, 0.717) is 18.0 Å². The van der Waals surface area contributed by atoms with E-state index in [1.807, 2.05) is 41.3 Å². The molecule has 0 spiro atoms. The van der Waals surface area contributed by atoms with Crippen LogP contribution in [0.1, 0.15) is 22.3 Å². The van der Waals surface area contributed by atoms with Gasteiger partial charge in [-0.05, 0) is 48.6 Å². The molecule has 3 rings (SSSR count). The molecule has 24 heavy (non-hydrogen) atoms. The van der Waals surface area contributed by atoms with Crippen molar-refractivity contribution in [2.24, 2.45) is 5.92 Å². The van der Waals surface area contributed by atoms with Gasteiger partial charge in [-0.15, -0.1) is 0 Å². The SMILES string of the molecule is O=C(O)c1cccc(C[C@@H]2CCN(C(=O)Nc3ccccc3)C2)c1. The number of hydrogen-bond acceptors (Lipinski definition) is 2. The molecule has 0 aliphatic carbocycles. The summed E-state index contributed by atoms with van der Waals surface area (Å²) in [6.07, 6.45) is 1.72. The van der Waals surface area contributed by atoms with Gasteiger partial charge in [-0.1, -0.05) is 30.3 Å². The molecule has 5 heteroatoms. The Morgan fingerprint density at radius 1 is 1.12 bits per heavy atom. The third kappa shape index (κ3) is 3.93. The predicted octanol–water partition coefficient (Wildman–Crippen LogP) is 3.48. The molecule has 1 fully saturated rings. The highest BCUT2D eigenvalue weighted by atomic mass is 16.4. The average Bonchev–Trinajstić information content (AvgIpc) is 3.04. The number of aromatic carboxylic acids is 1. The molecule has 0 aromatic heterocycles. The van der Waals surface area contributed by atoms with Crippen molar-refractivity contribution in [3.63, 3.8) is 0 Å². The summed E-state index contributed by atoms with van der Waals surface area (Å²) in [6.45, 7) is 1.41. The van der Waals surface area contributed by atoms with Gasteiger partial charge in [-0.2, -0.15) is 0 Å². The molecule has 1 saturated heterocycles. The van der Waals surface area contributed by atoms with E-state index in [1.54, 1.807) is 18.2 Å². The normalized spacial score (nSPS) is 16.8. The minimum absolute atomic E-state index is 0.0806. The van der Waals surface area contributed by atoms with Crippen LogP contribution in [0, 0.1) is 5.92 Å². The number of carbonyl (C=O) groups excluding carboxylic acids is 1. The van der Waals surface area contributed by atoms with Gasteiger partial charge >= 0.3 is 12.0 Å². The Labute approximate surface area is 140 Å². The second-order valence-corrected chi connectivity index (χ2v) is 6.11. The highest BCUT2D eigenvalue weighted by molar-refractivity contribution is 5.89. The van der Waals surface area contributed by atoms with Crippen LogP contribution in [0.4, 0.5) is 10.5 Å². The molecule has 1 aliphatic rings. The number of hydrogen-bond donors (Lipinski definition) is 2. The molecule has 0 unspecified atom stereocenters. The molecule has 124 valence electrons. The van der Waals surface area contributed by atoms with Crippen molar-refractivity contribution < 1.29 is 14.7 Å². The number of carboxylic acid groups (broad SMARTS) is 1. The molecule has 1 aliphatic heterocycles. The predicted molar refractivity (Wildman–Crippen MR) is 92.2 cm³/mol. The van der Waals surface area contributed by atoms with Crippen molar-refractivity contribution in [2.45, 2.75) is 12.8 Å². The lowest BCUT2D eigenvalue weighted by molar-refractivity contribution is 0.0696. The minimum Gasteiger partial charge on any atom is -0.478 e. The fourth-order valence-electron chi connectivity index (χ4n) is 3.07. The van der Waals surface area contributed by atoms with E-state index in [0.717, 1.165) is 30.6 Å². The summed E-state index contributed by atoms with van der Waals surface area (Å²) in [4.78, 5) is 25.2. The van der Waals surface area contributed by atoms with E-state index in [4.69, 9.17) is 5.11 Å². The Bertz CT molecular complexity index is 730. The number of benzene rings is 2. The minimum atomic E-state index is -0.910. The summed E-state index contributed by atoms with van der Waals surface area (Å²) in [5.74, 6) is -0.553. The average molecular weight is 324 g/mol. The van der Waals surface area contributed by atoms with Gasteiger partial charge in [-0.3, -0.25) is 0 Å². The van der Waals surface area contributed by atoms with E-state index in [-0.39, 0.29) is 6.03 Å². The van der Waals surface area contributed by atoms with Crippen LogP contribution in [0.3, 0.4) is 0 Å². The summed E-state index contributed by atoms with van der Waals surface area (Å²) < 4.78 is 0. The summed E-state index contributed by atoms with van der Waals surface area (Å²) in [6, 6.07) is 16.4. The van der Waals surface area contributed by atoms with Gasteiger partial charge in [0, 0.05) is 18.8 Å². The number of carbonyl (C=O) groups is 2. The zero-order valence-electron chi connectivity index (χ0n) is 13.3. The number of anilines is 1. The molecule has 2 amide bonds. The summed E-state index contributed by atoms with van der Waals surface area (Å²) in [5, 5.41) is 12.0. The largest absolute Gasteiger partial charge is 0.478 e. The quantitative estimate of drug-likeness (QED) is 0.904. The Kier molecular flexibility index (Phi) is 4.79. The lowest BCUT2D eigenvalue weighted by atomic mass is 9.97. The van der Waals surface area contributed by atoms with Crippen molar-refractivity contribution in [3.05, 3.63) is 65.7 Å². The first-order valence-corrected chi connectivity index (χ1v) is 8.05. The molecule has 5 nitrogen and oxygen atoms in total. The zero-order chi connectivity index (χ0) is 16.9. The first-order chi connectivity index (χ1) is 11.6. The first-order valence-electron chi connectivity index (χ1n) is 8.05. The standard InChI is InChI=1S/C19H20N2O3/c22-18(23)16-6-4-5-14(12-16)11-15-9-10-21(13-15)19(24)20-17-7-2-1-3-8-17/h1-8,12,15H,9-11,13H2,(H,20,24)(H,22,23)/t15-/m0/s1. The molecule has 2 N–H and O–H groups in total. The second-order valence-electron chi connectivity index (χ2n) is 6.11. The number of rotatable bonds is 4. The van der Waals surface area contributed by atoms with Crippen molar-refractivity contribution in [3.8, 4) is 0 Å². The van der Waals surface area contributed by atoms with Crippen LogP contribution >= 0.6 is 0 Å². The van der Waals surface area contributed by atoms with Gasteiger partial charge in [0.25, 0.3) is 0 Å².